The predicted octanol–water partition coefficient (Wildman–Crippen LogP) is 5.60. The third-order valence-corrected chi connectivity index (χ3v) is 8.51. The van der Waals surface area contributed by atoms with Crippen LogP contribution in [0.2, 0.25) is 5.02 Å². The smallest absolute Gasteiger partial charge is 0.410 e. The number of fused-ring (bicyclic) bond motifs is 2. The van der Waals surface area contributed by atoms with Gasteiger partial charge in [0.15, 0.2) is 5.82 Å². The number of benzene rings is 2. The van der Waals surface area contributed by atoms with Crippen molar-refractivity contribution in [2.24, 2.45) is 11.3 Å². The van der Waals surface area contributed by atoms with Crippen molar-refractivity contribution in [3.05, 3.63) is 65.2 Å². The Kier molecular flexibility index (Phi) is 8.88. The molecule has 46 heavy (non-hydrogen) atoms. The largest absolute Gasteiger partial charge is 0.444 e. The highest BCUT2D eigenvalue weighted by atomic mass is 35.5. The summed E-state index contributed by atoms with van der Waals surface area (Å²) in [7, 11) is 0. The Balaban J connectivity index is 1.29. The van der Waals surface area contributed by atoms with Crippen molar-refractivity contribution in [3.8, 4) is 11.8 Å². The lowest BCUT2D eigenvalue weighted by molar-refractivity contribution is -0.111. The van der Waals surface area contributed by atoms with Gasteiger partial charge < -0.3 is 25.0 Å². The highest BCUT2D eigenvalue weighted by Gasteiger charge is 2.60. The number of carbonyl (C=O) groups is 2. The molecule has 240 valence electrons. The number of aromatic nitrogens is 2. The quantitative estimate of drug-likeness (QED) is 0.263. The predicted molar refractivity (Wildman–Crippen MR) is 174 cm³/mol. The van der Waals surface area contributed by atoms with Gasteiger partial charge in [0.2, 0.25) is 5.91 Å². The maximum atomic E-state index is 14.7. The van der Waals surface area contributed by atoms with E-state index < -0.39 is 11.4 Å². The van der Waals surface area contributed by atoms with Crippen molar-refractivity contribution < 1.29 is 23.5 Å². The highest BCUT2D eigenvalue weighted by molar-refractivity contribution is 6.31. The van der Waals surface area contributed by atoms with Gasteiger partial charge in [0.25, 0.3) is 0 Å². The van der Waals surface area contributed by atoms with Crippen molar-refractivity contribution in [1.82, 2.24) is 19.8 Å². The van der Waals surface area contributed by atoms with Crippen molar-refractivity contribution in [2.75, 3.05) is 56.6 Å². The first-order chi connectivity index (χ1) is 22.0. The Morgan fingerprint density at radius 1 is 1.22 bits per heavy atom. The summed E-state index contributed by atoms with van der Waals surface area (Å²) in [6, 6.07) is 8.18. The van der Waals surface area contributed by atoms with E-state index in [9.17, 15) is 14.0 Å². The van der Waals surface area contributed by atoms with Gasteiger partial charge in [-0.1, -0.05) is 35.6 Å². The molecule has 6 rings (SSSR count). The number of morpholine rings is 1. The number of rotatable bonds is 6. The van der Waals surface area contributed by atoms with Crippen LogP contribution in [-0.2, 0) is 14.3 Å². The van der Waals surface area contributed by atoms with E-state index in [-0.39, 0.29) is 34.0 Å². The van der Waals surface area contributed by atoms with E-state index in [1.54, 1.807) is 29.2 Å². The number of anilines is 3. The average Bonchev–Trinajstić information content (AvgIpc) is 3.56. The number of amides is 2. The van der Waals surface area contributed by atoms with Crippen molar-refractivity contribution in [3.63, 3.8) is 0 Å². The van der Waals surface area contributed by atoms with E-state index in [2.05, 4.69) is 37.3 Å². The molecule has 3 aliphatic rings. The molecule has 2 atom stereocenters. The molecule has 1 aromatic heterocycles. The lowest BCUT2D eigenvalue weighted by Crippen LogP contribution is -2.37. The molecule has 12 heteroatoms. The molecule has 3 aromatic rings. The van der Waals surface area contributed by atoms with Crippen LogP contribution in [0, 0.1) is 29.0 Å². The van der Waals surface area contributed by atoms with Gasteiger partial charge in [0.05, 0.1) is 46.1 Å². The maximum absolute atomic E-state index is 14.7. The summed E-state index contributed by atoms with van der Waals surface area (Å²) < 4.78 is 25.7. The number of nitrogens with one attached hydrogen (secondary N) is 2. The Hall–Kier alpha value is -4.24. The number of hydrogen-bond donors (Lipinski definition) is 2. The molecular formula is C34H36ClFN6O4. The summed E-state index contributed by atoms with van der Waals surface area (Å²) in [5, 5.41) is 6.52. The zero-order chi connectivity index (χ0) is 32.5. The second-order valence-electron chi connectivity index (χ2n) is 12.8. The summed E-state index contributed by atoms with van der Waals surface area (Å²) in [5.74, 6) is 6.39. The standard InChI is InChI=1S/C34H36ClFN6O4/c1-33(2,3)46-32(44)42-19-23-18-34(23,20-42)10-9-22-16-28-24(31(38-21-37-28)40-26-7-4-6-25(35)30(26)36)17-27(22)39-29(43)8-5-11-41-12-14-45-15-13-41/h4-8,16-17,21,23H,11-15,18-20H2,1-3H3,(H,39,43)(H,37,38,40)/b8-5+/t23-,34+/m1/s1. The summed E-state index contributed by atoms with van der Waals surface area (Å²) >= 11 is 6.00. The van der Waals surface area contributed by atoms with Crippen molar-refractivity contribution >= 4 is 51.7 Å². The van der Waals surface area contributed by atoms with Gasteiger partial charge in [0, 0.05) is 44.2 Å². The minimum Gasteiger partial charge on any atom is -0.444 e. The molecule has 2 amide bonds. The normalized spacial score (nSPS) is 21.1. The molecule has 2 aliphatic heterocycles. The minimum absolute atomic E-state index is 0.0207. The second kappa shape index (κ2) is 12.9. The molecule has 3 fully saturated rings. The molecule has 0 spiro atoms. The molecule has 1 saturated carbocycles. The Morgan fingerprint density at radius 3 is 2.80 bits per heavy atom. The number of carbonyl (C=O) groups excluding carboxylic acids is 2. The molecule has 2 N–H and O–H groups in total. The first-order valence-corrected chi connectivity index (χ1v) is 15.7. The Morgan fingerprint density at radius 2 is 2.02 bits per heavy atom. The third-order valence-electron chi connectivity index (χ3n) is 8.22. The van der Waals surface area contributed by atoms with Crippen LogP contribution in [0.4, 0.5) is 26.4 Å². The lowest BCUT2D eigenvalue weighted by atomic mass is 10.0. The number of piperidine rings is 1. The lowest BCUT2D eigenvalue weighted by Gasteiger charge is -2.25. The molecular weight excluding hydrogens is 611 g/mol. The molecule has 2 aromatic carbocycles. The second-order valence-corrected chi connectivity index (χ2v) is 13.2. The SMILES string of the molecule is CC(C)(C)OC(=O)N1C[C@H]2C[C@@]2(C#Cc2cc3ncnc(Nc4cccc(Cl)c4F)c3cc2NC(=O)/C=C/CN2CCOCC2)C1. The van der Waals surface area contributed by atoms with Gasteiger partial charge in [-0.05, 0) is 57.4 Å². The summed E-state index contributed by atoms with van der Waals surface area (Å²) in [4.78, 5) is 38.5. The zero-order valence-corrected chi connectivity index (χ0v) is 26.8. The van der Waals surface area contributed by atoms with Gasteiger partial charge >= 0.3 is 6.09 Å². The minimum atomic E-state index is -0.604. The van der Waals surface area contributed by atoms with Crippen LogP contribution in [0.25, 0.3) is 10.9 Å². The van der Waals surface area contributed by atoms with Gasteiger partial charge in [-0.3, -0.25) is 9.69 Å². The van der Waals surface area contributed by atoms with Gasteiger partial charge in [-0.25, -0.2) is 19.2 Å². The molecule has 1 aliphatic carbocycles. The fraction of sp³-hybridized carbons (Fsp3) is 0.412. The van der Waals surface area contributed by atoms with Crippen LogP contribution < -0.4 is 10.6 Å². The van der Waals surface area contributed by atoms with Crippen LogP contribution in [0.3, 0.4) is 0 Å². The van der Waals surface area contributed by atoms with Gasteiger partial charge in [-0.15, -0.1) is 0 Å². The van der Waals surface area contributed by atoms with Crippen molar-refractivity contribution in [1.29, 1.82) is 0 Å². The Bertz CT molecular complexity index is 1760. The topological polar surface area (TPSA) is 109 Å². The molecule has 0 unspecified atom stereocenters. The molecule has 3 heterocycles. The van der Waals surface area contributed by atoms with Crippen LogP contribution in [-0.4, -0.2) is 83.3 Å². The molecule has 2 saturated heterocycles. The number of nitrogens with zero attached hydrogens (tertiary/aromatic N) is 4. The summed E-state index contributed by atoms with van der Waals surface area (Å²) in [5.41, 5.74) is 0.830. The molecule has 10 nitrogen and oxygen atoms in total. The summed E-state index contributed by atoms with van der Waals surface area (Å²) in [6.07, 6.45) is 5.26. The fourth-order valence-electron chi connectivity index (χ4n) is 5.74. The van der Waals surface area contributed by atoms with Gasteiger partial charge in [-0.2, -0.15) is 0 Å². The van der Waals surface area contributed by atoms with E-state index in [0.29, 0.717) is 60.8 Å². The fourth-order valence-corrected chi connectivity index (χ4v) is 5.91. The third kappa shape index (κ3) is 7.25. The number of hydrogen-bond acceptors (Lipinski definition) is 8. The first-order valence-electron chi connectivity index (χ1n) is 15.3. The number of halogens is 2. The average molecular weight is 647 g/mol. The molecule has 0 bridgehead atoms. The molecule has 0 radical (unpaired) electrons. The maximum Gasteiger partial charge on any atom is 0.410 e. The van der Waals surface area contributed by atoms with E-state index in [0.717, 1.165) is 19.5 Å². The Labute approximate surface area is 272 Å². The monoisotopic (exact) mass is 646 g/mol. The highest BCUT2D eigenvalue weighted by Crippen LogP contribution is 2.57. The van der Waals surface area contributed by atoms with Crippen LogP contribution in [0.1, 0.15) is 32.8 Å². The van der Waals surface area contributed by atoms with Crippen LogP contribution >= 0.6 is 11.6 Å². The van der Waals surface area contributed by atoms with E-state index in [1.165, 1.54) is 18.5 Å². The van der Waals surface area contributed by atoms with Crippen molar-refractivity contribution in [2.45, 2.75) is 32.8 Å². The zero-order valence-electron chi connectivity index (χ0n) is 26.0. The van der Waals surface area contributed by atoms with Crippen LogP contribution in [0.5, 0.6) is 0 Å². The first kappa shape index (κ1) is 31.7. The van der Waals surface area contributed by atoms with E-state index in [4.69, 9.17) is 21.1 Å². The van der Waals surface area contributed by atoms with Crippen LogP contribution in [0.15, 0.2) is 48.8 Å². The number of ether oxygens (including phenoxy) is 2. The van der Waals surface area contributed by atoms with E-state index in [1.807, 2.05) is 26.8 Å². The van der Waals surface area contributed by atoms with Gasteiger partial charge in [0.1, 0.15) is 17.7 Å². The number of likely N-dealkylation sites (tertiary alicyclic amines) is 1. The summed E-state index contributed by atoms with van der Waals surface area (Å²) in [6.45, 7) is 10.2. The van der Waals surface area contributed by atoms with E-state index >= 15 is 0 Å².